The van der Waals surface area contributed by atoms with Gasteiger partial charge in [0.25, 0.3) is 0 Å². The van der Waals surface area contributed by atoms with Crippen molar-refractivity contribution >= 4 is 10.0 Å². The summed E-state index contributed by atoms with van der Waals surface area (Å²) in [6.45, 7) is 4.47. The van der Waals surface area contributed by atoms with Crippen LogP contribution in [-0.2, 0) is 10.0 Å². The van der Waals surface area contributed by atoms with E-state index in [-0.39, 0.29) is 5.25 Å². The molecule has 1 saturated heterocycles. The molecule has 88 valence electrons. The number of hydrogen-bond donors (Lipinski definition) is 2. The Morgan fingerprint density at radius 2 is 1.93 bits per heavy atom. The number of hydrogen-bond acceptors (Lipinski definition) is 3. The van der Waals surface area contributed by atoms with E-state index < -0.39 is 10.0 Å². The average molecular weight is 232 g/mol. The molecule has 1 aliphatic heterocycles. The Morgan fingerprint density at radius 1 is 1.33 bits per heavy atom. The van der Waals surface area contributed by atoms with E-state index in [1.807, 2.05) is 0 Å². The number of piperidine rings is 1. The first kappa shape index (κ1) is 11.4. The van der Waals surface area contributed by atoms with Gasteiger partial charge in [0.1, 0.15) is 0 Å². The molecule has 0 bridgehead atoms. The number of rotatable bonds is 4. The summed E-state index contributed by atoms with van der Waals surface area (Å²) in [5.74, 6) is 1.29. The van der Waals surface area contributed by atoms with Crippen molar-refractivity contribution in [3.8, 4) is 0 Å². The summed E-state index contributed by atoms with van der Waals surface area (Å²) in [6.07, 6.45) is 2.67. The molecule has 2 N–H and O–H groups in total. The minimum atomic E-state index is -3.05. The SMILES string of the molecule is CC1CC1CNS(=O)(=O)C1CCNCC1. The lowest BCUT2D eigenvalue weighted by Crippen LogP contribution is -2.42. The van der Waals surface area contributed by atoms with Gasteiger partial charge in [-0.05, 0) is 44.2 Å². The zero-order valence-electron chi connectivity index (χ0n) is 9.20. The zero-order valence-corrected chi connectivity index (χ0v) is 10.0. The number of sulfonamides is 1. The van der Waals surface area contributed by atoms with E-state index in [9.17, 15) is 8.42 Å². The Balaban J connectivity index is 1.82. The van der Waals surface area contributed by atoms with Gasteiger partial charge >= 0.3 is 0 Å². The van der Waals surface area contributed by atoms with E-state index in [1.54, 1.807) is 0 Å². The van der Waals surface area contributed by atoms with Crippen molar-refractivity contribution in [2.24, 2.45) is 11.8 Å². The quantitative estimate of drug-likeness (QED) is 0.733. The minimum absolute atomic E-state index is 0.173. The molecule has 1 heterocycles. The second kappa shape index (κ2) is 4.39. The van der Waals surface area contributed by atoms with Crippen molar-refractivity contribution in [3.63, 3.8) is 0 Å². The molecule has 1 aliphatic carbocycles. The molecule has 4 nitrogen and oxygen atoms in total. The summed E-state index contributed by atoms with van der Waals surface area (Å²) in [5, 5.41) is 3.01. The summed E-state index contributed by atoms with van der Waals surface area (Å²) in [6, 6.07) is 0. The lowest BCUT2D eigenvalue weighted by Gasteiger charge is -2.22. The monoisotopic (exact) mass is 232 g/mol. The molecule has 0 aromatic heterocycles. The average Bonchev–Trinajstić information content (AvgIpc) is 2.93. The van der Waals surface area contributed by atoms with Crippen molar-refractivity contribution in [2.75, 3.05) is 19.6 Å². The molecule has 0 aromatic carbocycles. The van der Waals surface area contributed by atoms with Gasteiger partial charge in [0.15, 0.2) is 0 Å². The summed E-state index contributed by atoms with van der Waals surface area (Å²) >= 11 is 0. The summed E-state index contributed by atoms with van der Waals surface area (Å²) in [5.41, 5.74) is 0. The lowest BCUT2D eigenvalue weighted by atomic mass is 10.2. The fraction of sp³-hybridized carbons (Fsp3) is 1.00. The third-order valence-corrected chi connectivity index (χ3v) is 5.47. The van der Waals surface area contributed by atoms with Crippen LogP contribution in [0.4, 0.5) is 0 Å². The largest absolute Gasteiger partial charge is 0.317 e. The van der Waals surface area contributed by atoms with Crippen LogP contribution >= 0.6 is 0 Å². The third kappa shape index (κ3) is 2.92. The molecule has 2 fully saturated rings. The summed E-state index contributed by atoms with van der Waals surface area (Å²) in [4.78, 5) is 0. The maximum atomic E-state index is 11.9. The Bertz CT molecular complexity index is 309. The van der Waals surface area contributed by atoms with Crippen molar-refractivity contribution in [2.45, 2.75) is 31.4 Å². The molecule has 2 rings (SSSR count). The fourth-order valence-corrected chi connectivity index (χ4v) is 3.67. The summed E-state index contributed by atoms with van der Waals surface area (Å²) < 4.78 is 26.5. The number of nitrogens with one attached hydrogen (secondary N) is 2. The molecule has 0 radical (unpaired) electrons. The van der Waals surface area contributed by atoms with E-state index >= 15 is 0 Å². The molecule has 2 aliphatic rings. The maximum absolute atomic E-state index is 11.9. The van der Waals surface area contributed by atoms with E-state index in [2.05, 4.69) is 17.0 Å². The molecule has 5 heteroatoms. The standard InChI is InChI=1S/C10H20N2O2S/c1-8-6-9(8)7-12-15(13,14)10-2-4-11-5-3-10/h8-12H,2-7H2,1H3. The highest BCUT2D eigenvalue weighted by Crippen LogP contribution is 2.37. The van der Waals surface area contributed by atoms with Gasteiger partial charge in [-0.25, -0.2) is 13.1 Å². The first-order chi connectivity index (χ1) is 7.09. The molecular weight excluding hydrogens is 212 g/mol. The topological polar surface area (TPSA) is 58.2 Å². The highest BCUT2D eigenvalue weighted by Gasteiger charge is 2.34. The van der Waals surface area contributed by atoms with Crippen molar-refractivity contribution in [1.29, 1.82) is 0 Å². The van der Waals surface area contributed by atoms with Crippen LogP contribution in [0.1, 0.15) is 26.2 Å². The van der Waals surface area contributed by atoms with Crippen molar-refractivity contribution in [3.05, 3.63) is 0 Å². The second-order valence-corrected chi connectivity index (χ2v) is 6.86. The molecule has 1 saturated carbocycles. The van der Waals surface area contributed by atoms with Crippen LogP contribution in [0.5, 0.6) is 0 Å². The highest BCUT2D eigenvalue weighted by atomic mass is 32.2. The van der Waals surface area contributed by atoms with Crippen molar-refractivity contribution < 1.29 is 8.42 Å². The van der Waals surface area contributed by atoms with Crippen LogP contribution in [-0.4, -0.2) is 33.3 Å². The van der Waals surface area contributed by atoms with Gasteiger partial charge in [0, 0.05) is 6.54 Å². The Morgan fingerprint density at radius 3 is 2.47 bits per heavy atom. The first-order valence-corrected chi connectivity index (χ1v) is 7.33. The fourth-order valence-electron chi connectivity index (χ4n) is 2.13. The summed E-state index contributed by atoms with van der Waals surface area (Å²) in [7, 11) is -3.05. The van der Waals surface area contributed by atoms with E-state index in [0.29, 0.717) is 18.4 Å². The maximum Gasteiger partial charge on any atom is 0.214 e. The van der Waals surface area contributed by atoms with E-state index in [1.165, 1.54) is 6.42 Å². The molecule has 0 spiro atoms. The normalized spacial score (nSPS) is 32.9. The minimum Gasteiger partial charge on any atom is -0.317 e. The van der Waals surface area contributed by atoms with E-state index in [0.717, 1.165) is 25.9 Å². The Labute approximate surface area is 91.9 Å². The predicted octanol–water partition coefficient (Wildman–Crippen LogP) is 0.314. The van der Waals surface area contributed by atoms with Crippen LogP contribution in [0.3, 0.4) is 0 Å². The van der Waals surface area contributed by atoms with Gasteiger partial charge in [-0.15, -0.1) is 0 Å². The van der Waals surface area contributed by atoms with Crippen LogP contribution in [0, 0.1) is 11.8 Å². The smallest absolute Gasteiger partial charge is 0.214 e. The van der Waals surface area contributed by atoms with Crippen LogP contribution in [0.25, 0.3) is 0 Å². The van der Waals surface area contributed by atoms with Crippen LogP contribution < -0.4 is 10.0 Å². The van der Waals surface area contributed by atoms with Gasteiger partial charge in [0.2, 0.25) is 10.0 Å². The van der Waals surface area contributed by atoms with Crippen LogP contribution in [0.15, 0.2) is 0 Å². The Kier molecular flexibility index (Phi) is 3.33. The molecule has 2 atom stereocenters. The third-order valence-electron chi connectivity index (χ3n) is 3.55. The lowest BCUT2D eigenvalue weighted by molar-refractivity contribution is 0.487. The highest BCUT2D eigenvalue weighted by molar-refractivity contribution is 7.90. The molecular formula is C10H20N2O2S. The van der Waals surface area contributed by atoms with Gasteiger partial charge in [-0.1, -0.05) is 6.92 Å². The Hall–Kier alpha value is -0.130. The predicted molar refractivity (Wildman–Crippen MR) is 60.1 cm³/mol. The van der Waals surface area contributed by atoms with Gasteiger partial charge in [-0.3, -0.25) is 0 Å². The zero-order chi connectivity index (χ0) is 10.9. The molecule has 15 heavy (non-hydrogen) atoms. The van der Waals surface area contributed by atoms with Gasteiger partial charge in [0.05, 0.1) is 5.25 Å². The van der Waals surface area contributed by atoms with Crippen molar-refractivity contribution in [1.82, 2.24) is 10.0 Å². The molecule has 2 unspecified atom stereocenters. The molecule has 0 aromatic rings. The van der Waals surface area contributed by atoms with Crippen LogP contribution in [0.2, 0.25) is 0 Å². The second-order valence-electron chi connectivity index (χ2n) is 4.82. The van der Waals surface area contributed by atoms with Gasteiger partial charge < -0.3 is 5.32 Å². The van der Waals surface area contributed by atoms with E-state index in [4.69, 9.17) is 0 Å². The first-order valence-electron chi connectivity index (χ1n) is 5.79. The van der Waals surface area contributed by atoms with Gasteiger partial charge in [-0.2, -0.15) is 0 Å². The molecule has 0 amide bonds.